The summed E-state index contributed by atoms with van der Waals surface area (Å²) in [7, 11) is 2.92. The zero-order chi connectivity index (χ0) is 23.7. The Kier molecular flexibility index (Phi) is 6.07. The maximum Gasteiger partial charge on any atom is 0.336 e. The van der Waals surface area contributed by atoms with Crippen molar-refractivity contribution in [1.82, 2.24) is 9.13 Å². The standard InChI is InChI=1S/C25H21ClN2O5/c1-15-4-10-18(11-5-15)28-24(30)19-12-22(32-2)23(33-3)13-20(19)27(25(28)31)14-21(29)16-6-8-17(26)9-7-16/h4-13H,14H2,1-3H3. The third kappa shape index (κ3) is 4.15. The molecule has 4 aromatic rings. The lowest BCUT2D eigenvalue weighted by atomic mass is 10.1. The van der Waals surface area contributed by atoms with Gasteiger partial charge >= 0.3 is 5.69 Å². The zero-order valence-corrected chi connectivity index (χ0v) is 19.1. The largest absolute Gasteiger partial charge is 0.493 e. The van der Waals surface area contributed by atoms with E-state index >= 15 is 0 Å². The first-order valence-corrected chi connectivity index (χ1v) is 10.5. The van der Waals surface area contributed by atoms with Gasteiger partial charge in [0.1, 0.15) is 0 Å². The average molecular weight is 465 g/mol. The summed E-state index contributed by atoms with van der Waals surface area (Å²) in [5.74, 6) is 0.371. The van der Waals surface area contributed by atoms with Crippen LogP contribution in [0, 0.1) is 6.92 Å². The Morgan fingerprint density at radius 2 is 1.52 bits per heavy atom. The van der Waals surface area contributed by atoms with Gasteiger partial charge in [-0.3, -0.25) is 14.2 Å². The fourth-order valence-corrected chi connectivity index (χ4v) is 3.76. The number of aryl methyl sites for hydroxylation is 1. The quantitative estimate of drug-likeness (QED) is 0.403. The number of rotatable bonds is 6. The summed E-state index contributed by atoms with van der Waals surface area (Å²) >= 11 is 5.93. The summed E-state index contributed by atoms with van der Waals surface area (Å²) in [6.07, 6.45) is 0. The molecule has 0 aliphatic carbocycles. The van der Waals surface area contributed by atoms with E-state index in [1.165, 1.54) is 30.9 Å². The Morgan fingerprint density at radius 1 is 0.909 bits per heavy atom. The van der Waals surface area contributed by atoms with Crippen LogP contribution in [0.2, 0.25) is 5.02 Å². The Hall–Kier alpha value is -3.84. The molecule has 0 spiro atoms. The lowest BCUT2D eigenvalue weighted by Crippen LogP contribution is -2.40. The number of hydrogen-bond donors (Lipinski definition) is 0. The van der Waals surface area contributed by atoms with Crippen molar-refractivity contribution < 1.29 is 14.3 Å². The van der Waals surface area contributed by atoms with E-state index in [0.29, 0.717) is 27.8 Å². The summed E-state index contributed by atoms with van der Waals surface area (Å²) in [5.41, 5.74) is 0.902. The molecule has 8 heteroatoms. The highest BCUT2D eigenvalue weighted by Gasteiger charge is 2.20. The molecule has 1 heterocycles. The lowest BCUT2D eigenvalue weighted by Gasteiger charge is -2.16. The van der Waals surface area contributed by atoms with E-state index in [-0.39, 0.29) is 23.2 Å². The topological polar surface area (TPSA) is 79.5 Å². The second-order valence-electron chi connectivity index (χ2n) is 7.50. The Balaban J connectivity index is 2.00. The number of nitrogens with zero attached hydrogens (tertiary/aromatic N) is 2. The van der Waals surface area contributed by atoms with Crippen molar-refractivity contribution >= 4 is 28.3 Å². The molecule has 0 amide bonds. The molecule has 1 aromatic heterocycles. The molecule has 0 N–H and O–H groups in total. The number of aromatic nitrogens is 2. The van der Waals surface area contributed by atoms with E-state index < -0.39 is 11.2 Å². The number of carbonyl (C=O) groups excluding carboxylic acids is 1. The van der Waals surface area contributed by atoms with Gasteiger partial charge in [-0.1, -0.05) is 29.3 Å². The second-order valence-corrected chi connectivity index (χ2v) is 7.94. The van der Waals surface area contributed by atoms with Gasteiger partial charge in [-0.2, -0.15) is 0 Å². The fourth-order valence-electron chi connectivity index (χ4n) is 3.64. The van der Waals surface area contributed by atoms with Crippen LogP contribution in [0.5, 0.6) is 11.5 Å². The Morgan fingerprint density at radius 3 is 2.12 bits per heavy atom. The Labute approximate surface area is 194 Å². The van der Waals surface area contributed by atoms with E-state index in [0.717, 1.165) is 10.1 Å². The van der Waals surface area contributed by atoms with Crippen LogP contribution in [-0.2, 0) is 6.54 Å². The van der Waals surface area contributed by atoms with Gasteiger partial charge in [-0.15, -0.1) is 0 Å². The third-order valence-electron chi connectivity index (χ3n) is 5.41. The first-order valence-electron chi connectivity index (χ1n) is 10.1. The smallest absolute Gasteiger partial charge is 0.336 e. The predicted octanol–water partition coefficient (Wildman–Crippen LogP) is 4.01. The number of hydrogen-bond acceptors (Lipinski definition) is 5. The van der Waals surface area contributed by atoms with Gasteiger partial charge in [0, 0.05) is 16.7 Å². The van der Waals surface area contributed by atoms with E-state index in [4.69, 9.17) is 21.1 Å². The van der Waals surface area contributed by atoms with E-state index in [1.54, 1.807) is 36.4 Å². The number of carbonyl (C=O) groups is 1. The molecule has 0 saturated carbocycles. The maximum absolute atomic E-state index is 13.5. The van der Waals surface area contributed by atoms with Crippen LogP contribution in [0.25, 0.3) is 16.6 Å². The number of halogens is 1. The highest BCUT2D eigenvalue weighted by Crippen LogP contribution is 2.30. The van der Waals surface area contributed by atoms with Crippen LogP contribution in [0.1, 0.15) is 15.9 Å². The molecule has 0 aliphatic heterocycles. The molecule has 0 aliphatic rings. The van der Waals surface area contributed by atoms with Crippen molar-refractivity contribution in [1.29, 1.82) is 0 Å². The number of ketones is 1. The highest BCUT2D eigenvalue weighted by molar-refractivity contribution is 6.30. The van der Waals surface area contributed by atoms with Gasteiger partial charge in [0.05, 0.1) is 37.4 Å². The van der Waals surface area contributed by atoms with Crippen LogP contribution < -0.4 is 20.7 Å². The minimum Gasteiger partial charge on any atom is -0.493 e. The summed E-state index contributed by atoms with van der Waals surface area (Å²) in [6.45, 7) is 1.63. The monoisotopic (exact) mass is 464 g/mol. The van der Waals surface area contributed by atoms with Gasteiger partial charge in [-0.25, -0.2) is 9.36 Å². The molecular formula is C25H21ClN2O5. The third-order valence-corrected chi connectivity index (χ3v) is 5.66. The normalized spacial score (nSPS) is 10.9. The van der Waals surface area contributed by atoms with Gasteiger partial charge in [0.15, 0.2) is 17.3 Å². The SMILES string of the molecule is COc1cc2c(=O)n(-c3ccc(C)cc3)c(=O)n(CC(=O)c3ccc(Cl)cc3)c2cc1OC. The van der Waals surface area contributed by atoms with Crippen LogP contribution in [0.4, 0.5) is 0 Å². The number of methoxy groups -OCH3 is 2. The molecule has 0 saturated heterocycles. The van der Waals surface area contributed by atoms with Crippen LogP contribution in [0.3, 0.4) is 0 Å². The van der Waals surface area contributed by atoms with Crippen LogP contribution in [-0.4, -0.2) is 29.1 Å². The molecule has 33 heavy (non-hydrogen) atoms. The average Bonchev–Trinajstić information content (AvgIpc) is 2.82. The molecule has 168 valence electrons. The molecule has 7 nitrogen and oxygen atoms in total. The molecule has 3 aromatic carbocycles. The molecule has 4 rings (SSSR count). The molecule has 0 atom stereocenters. The van der Waals surface area contributed by atoms with Gasteiger partial charge in [0.25, 0.3) is 5.56 Å². The zero-order valence-electron chi connectivity index (χ0n) is 18.3. The van der Waals surface area contributed by atoms with E-state index in [2.05, 4.69) is 0 Å². The van der Waals surface area contributed by atoms with Gasteiger partial charge in [0.2, 0.25) is 0 Å². The number of ether oxygens (including phenoxy) is 2. The number of Topliss-reactive ketones (excluding diaryl/α,β-unsaturated/α-hetero) is 1. The Bertz CT molecular complexity index is 1470. The number of benzene rings is 3. The summed E-state index contributed by atoms with van der Waals surface area (Å²) in [4.78, 5) is 40.0. The minimum atomic E-state index is -0.633. The van der Waals surface area contributed by atoms with Gasteiger partial charge in [-0.05, 0) is 49.4 Å². The fraction of sp³-hybridized carbons (Fsp3) is 0.160. The van der Waals surface area contributed by atoms with E-state index in [1.807, 2.05) is 19.1 Å². The van der Waals surface area contributed by atoms with Crippen molar-refractivity contribution in [3.8, 4) is 17.2 Å². The summed E-state index contributed by atoms with van der Waals surface area (Å²) < 4.78 is 13.0. The first kappa shape index (κ1) is 22.4. The maximum atomic E-state index is 13.5. The summed E-state index contributed by atoms with van der Waals surface area (Å²) in [6, 6.07) is 16.5. The molecule has 0 bridgehead atoms. The molecule has 0 radical (unpaired) electrons. The van der Waals surface area contributed by atoms with Crippen molar-refractivity contribution in [3.63, 3.8) is 0 Å². The van der Waals surface area contributed by atoms with Crippen molar-refractivity contribution in [3.05, 3.63) is 97.7 Å². The molecule has 0 fully saturated rings. The molecular weight excluding hydrogens is 444 g/mol. The van der Waals surface area contributed by atoms with Crippen molar-refractivity contribution in [2.24, 2.45) is 0 Å². The lowest BCUT2D eigenvalue weighted by molar-refractivity contribution is 0.0971. The van der Waals surface area contributed by atoms with Crippen LogP contribution >= 0.6 is 11.6 Å². The van der Waals surface area contributed by atoms with Crippen molar-refractivity contribution in [2.45, 2.75) is 13.5 Å². The first-order chi connectivity index (χ1) is 15.8. The number of fused-ring (bicyclic) bond motifs is 1. The van der Waals surface area contributed by atoms with Gasteiger partial charge < -0.3 is 9.47 Å². The highest BCUT2D eigenvalue weighted by atomic mass is 35.5. The molecule has 0 unspecified atom stereocenters. The van der Waals surface area contributed by atoms with Crippen LogP contribution in [0.15, 0.2) is 70.3 Å². The van der Waals surface area contributed by atoms with E-state index in [9.17, 15) is 14.4 Å². The summed E-state index contributed by atoms with van der Waals surface area (Å²) in [5, 5.41) is 0.718. The second kappa shape index (κ2) is 8.96. The van der Waals surface area contributed by atoms with Crippen molar-refractivity contribution in [2.75, 3.05) is 14.2 Å². The predicted molar refractivity (Wildman–Crippen MR) is 127 cm³/mol. The minimum absolute atomic E-state index is 0.219.